The van der Waals surface area contributed by atoms with Crippen molar-refractivity contribution in [2.75, 3.05) is 43.0 Å². The van der Waals surface area contributed by atoms with Crippen molar-refractivity contribution in [3.8, 4) is 11.3 Å². The highest BCUT2D eigenvalue weighted by Crippen LogP contribution is 2.33. The molecule has 1 N–H and O–H groups in total. The van der Waals surface area contributed by atoms with E-state index < -0.39 is 0 Å². The molecule has 3 aromatic rings. The molecule has 3 aliphatic heterocycles. The number of ether oxygens (including phenoxy) is 2. The Balaban J connectivity index is 1.45. The fourth-order valence-corrected chi connectivity index (χ4v) is 5.62. The summed E-state index contributed by atoms with van der Waals surface area (Å²) >= 11 is 0. The van der Waals surface area contributed by atoms with E-state index in [0.717, 1.165) is 61.5 Å². The molecule has 3 saturated heterocycles. The molecule has 188 valence electrons. The van der Waals surface area contributed by atoms with Gasteiger partial charge in [-0.1, -0.05) is 12.1 Å². The Hall–Kier alpha value is -3.30. The number of amides is 1. The summed E-state index contributed by atoms with van der Waals surface area (Å²) in [5, 5.41) is 3.60. The summed E-state index contributed by atoms with van der Waals surface area (Å²) in [6, 6.07) is 11.5. The fourth-order valence-electron chi connectivity index (χ4n) is 5.62. The Bertz CT molecular complexity index is 1280. The molecule has 9 nitrogen and oxygen atoms in total. The first-order chi connectivity index (χ1) is 17.5. The molecule has 0 spiro atoms. The number of aromatic nitrogens is 3. The number of rotatable bonds is 4. The fraction of sp³-hybridized carbons (Fsp3) is 0.481. The number of benzene rings is 1. The van der Waals surface area contributed by atoms with E-state index in [0.29, 0.717) is 17.2 Å². The zero-order valence-corrected chi connectivity index (χ0v) is 21.0. The third-order valence-electron chi connectivity index (χ3n) is 7.22. The van der Waals surface area contributed by atoms with Gasteiger partial charge < -0.3 is 24.6 Å². The van der Waals surface area contributed by atoms with Gasteiger partial charge >= 0.3 is 0 Å². The van der Waals surface area contributed by atoms with Crippen LogP contribution < -0.4 is 15.1 Å². The number of anilines is 2. The molecule has 3 fully saturated rings. The first kappa shape index (κ1) is 23.1. The summed E-state index contributed by atoms with van der Waals surface area (Å²) in [5.74, 6) is 1.48. The second-order valence-electron chi connectivity index (χ2n) is 10.1. The minimum atomic E-state index is -0.123. The third-order valence-corrected chi connectivity index (χ3v) is 7.22. The Labute approximate surface area is 210 Å². The number of hydrogen-bond acceptors (Lipinski definition) is 8. The van der Waals surface area contributed by atoms with Gasteiger partial charge in [-0.3, -0.25) is 4.79 Å². The second kappa shape index (κ2) is 9.29. The van der Waals surface area contributed by atoms with Gasteiger partial charge in [0.25, 0.3) is 5.91 Å². The van der Waals surface area contributed by atoms with Crippen molar-refractivity contribution in [1.29, 1.82) is 0 Å². The summed E-state index contributed by atoms with van der Waals surface area (Å²) in [4.78, 5) is 31.8. The van der Waals surface area contributed by atoms with Crippen LogP contribution in [0.15, 0.2) is 36.4 Å². The number of morpholine rings is 2. The van der Waals surface area contributed by atoms with Crippen LogP contribution in [-0.4, -0.2) is 78.5 Å². The molecule has 6 rings (SSSR count). The number of carbonyl (C=O) groups is 1. The van der Waals surface area contributed by atoms with Crippen LogP contribution in [0.3, 0.4) is 0 Å². The first-order valence-electron chi connectivity index (χ1n) is 12.8. The second-order valence-corrected chi connectivity index (χ2v) is 10.1. The number of hydrogen-bond donors (Lipinski definition) is 1. The lowest BCUT2D eigenvalue weighted by atomic mass is 10.1. The van der Waals surface area contributed by atoms with Gasteiger partial charge in [0.05, 0.1) is 35.5 Å². The quantitative estimate of drug-likeness (QED) is 0.599. The SMILES string of the molecule is CNC(=O)c1cccc(-c2ccc3c(N4CC(C)OC(C)C4)nc(N4CC5CCC(C4)O5)nc3n2)c1. The van der Waals surface area contributed by atoms with Crippen LogP contribution in [0.4, 0.5) is 11.8 Å². The van der Waals surface area contributed by atoms with Crippen molar-refractivity contribution in [2.45, 2.75) is 51.1 Å². The van der Waals surface area contributed by atoms with Gasteiger partial charge in [-0.25, -0.2) is 4.98 Å². The molecule has 36 heavy (non-hydrogen) atoms. The number of carbonyl (C=O) groups excluding carboxylic acids is 1. The summed E-state index contributed by atoms with van der Waals surface area (Å²) in [6.45, 7) is 7.32. The van der Waals surface area contributed by atoms with Gasteiger partial charge in [-0.05, 0) is 51.0 Å². The summed E-state index contributed by atoms with van der Waals surface area (Å²) in [5.41, 5.74) is 2.90. The average molecular weight is 489 g/mol. The van der Waals surface area contributed by atoms with Crippen molar-refractivity contribution in [2.24, 2.45) is 0 Å². The number of fused-ring (bicyclic) bond motifs is 3. The monoisotopic (exact) mass is 488 g/mol. The van der Waals surface area contributed by atoms with Crippen molar-refractivity contribution in [3.05, 3.63) is 42.0 Å². The van der Waals surface area contributed by atoms with Crippen LogP contribution in [0.5, 0.6) is 0 Å². The van der Waals surface area contributed by atoms with E-state index in [2.05, 4.69) is 35.0 Å². The van der Waals surface area contributed by atoms with E-state index in [4.69, 9.17) is 24.4 Å². The molecule has 9 heteroatoms. The highest BCUT2D eigenvalue weighted by atomic mass is 16.5. The molecule has 5 heterocycles. The van der Waals surface area contributed by atoms with Crippen LogP contribution in [0, 0.1) is 0 Å². The van der Waals surface area contributed by atoms with E-state index >= 15 is 0 Å². The molecule has 0 saturated carbocycles. The van der Waals surface area contributed by atoms with Crippen molar-refractivity contribution >= 4 is 28.7 Å². The summed E-state index contributed by atoms with van der Waals surface area (Å²) < 4.78 is 12.0. The third kappa shape index (κ3) is 4.37. The zero-order chi connectivity index (χ0) is 24.8. The molecule has 4 atom stereocenters. The Morgan fingerprint density at radius 2 is 1.67 bits per heavy atom. The van der Waals surface area contributed by atoms with Crippen LogP contribution in [0.1, 0.15) is 37.0 Å². The first-order valence-corrected chi connectivity index (χ1v) is 12.8. The van der Waals surface area contributed by atoms with E-state index in [1.165, 1.54) is 0 Å². The highest BCUT2D eigenvalue weighted by Gasteiger charge is 2.35. The predicted molar refractivity (Wildman–Crippen MR) is 138 cm³/mol. The molecule has 2 aromatic heterocycles. The molecule has 3 aliphatic rings. The smallest absolute Gasteiger partial charge is 0.251 e. The molecule has 2 bridgehead atoms. The van der Waals surface area contributed by atoms with Crippen molar-refractivity contribution in [1.82, 2.24) is 20.3 Å². The van der Waals surface area contributed by atoms with E-state index in [-0.39, 0.29) is 30.3 Å². The van der Waals surface area contributed by atoms with Gasteiger partial charge in [-0.15, -0.1) is 0 Å². The molecular formula is C27H32N6O3. The van der Waals surface area contributed by atoms with E-state index in [9.17, 15) is 4.79 Å². The lowest BCUT2D eigenvalue weighted by Crippen LogP contribution is -2.46. The molecule has 0 aliphatic carbocycles. The van der Waals surface area contributed by atoms with Gasteiger partial charge in [0.1, 0.15) is 5.82 Å². The number of nitrogens with one attached hydrogen (secondary N) is 1. The lowest BCUT2D eigenvalue weighted by molar-refractivity contribution is -0.00537. The van der Waals surface area contributed by atoms with Crippen LogP contribution in [0.25, 0.3) is 22.3 Å². The standard InChI is InChI=1S/C27H32N6O3/c1-16-12-32(13-17(2)35-16)25-22-9-10-23(18-5-4-6-19(11-18)26(34)28-3)29-24(22)30-27(31-25)33-14-20-7-8-21(15-33)36-20/h4-6,9-11,16-17,20-21H,7-8,12-15H2,1-3H3,(H,28,34). The Morgan fingerprint density at radius 3 is 2.39 bits per heavy atom. The van der Waals surface area contributed by atoms with Crippen molar-refractivity contribution < 1.29 is 14.3 Å². The minimum Gasteiger partial charge on any atom is -0.372 e. The minimum absolute atomic E-state index is 0.112. The summed E-state index contributed by atoms with van der Waals surface area (Å²) in [7, 11) is 1.63. The lowest BCUT2D eigenvalue weighted by Gasteiger charge is -2.37. The summed E-state index contributed by atoms with van der Waals surface area (Å²) in [6.07, 6.45) is 2.87. The zero-order valence-electron chi connectivity index (χ0n) is 21.0. The molecular weight excluding hydrogens is 456 g/mol. The molecule has 1 amide bonds. The average Bonchev–Trinajstić information content (AvgIpc) is 3.23. The van der Waals surface area contributed by atoms with Crippen LogP contribution in [0.2, 0.25) is 0 Å². The van der Waals surface area contributed by atoms with Gasteiger partial charge in [0, 0.05) is 44.4 Å². The van der Waals surface area contributed by atoms with Crippen molar-refractivity contribution in [3.63, 3.8) is 0 Å². The van der Waals surface area contributed by atoms with Gasteiger partial charge in [-0.2, -0.15) is 9.97 Å². The highest BCUT2D eigenvalue weighted by molar-refractivity contribution is 5.95. The van der Waals surface area contributed by atoms with Crippen LogP contribution >= 0.6 is 0 Å². The predicted octanol–water partition coefficient (Wildman–Crippen LogP) is 3.03. The number of nitrogens with zero attached hydrogens (tertiary/aromatic N) is 5. The Kier molecular flexibility index (Phi) is 5.97. The molecule has 0 radical (unpaired) electrons. The van der Waals surface area contributed by atoms with E-state index in [1.54, 1.807) is 13.1 Å². The number of pyridine rings is 1. The normalized spacial score (nSPS) is 25.9. The molecule has 1 aromatic carbocycles. The maximum Gasteiger partial charge on any atom is 0.251 e. The Morgan fingerprint density at radius 1 is 0.917 bits per heavy atom. The van der Waals surface area contributed by atoms with Gasteiger partial charge in [0.15, 0.2) is 5.65 Å². The largest absolute Gasteiger partial charge is 0.372 e. The molecule has 4 unspecified atom stereocenters. The van der Waals surface area contributed by atoms with Crippen LogP contribution in [-0.2, 0) is 9.47 Å². The topological polar surface area (TPSA) is 92.7 Å². The van der Waals surface area contributed by atoms with Gasteiger partial charge in [0.2, 0.25) is 5.95 Å². The van der Waals surface area contributed by atoms with E-state index in [1.807, 2.05) is 24.3 Å². The maximum atomic E-state index is 12.2. The maximum absolute atomic E-state index is 12.2.